The van der Waals surface area contributed by atoms with E-state index in [0.717, 1.165) is 23.9 Å². The van der Waals surface area contributed by atoms with E-state index < -0.39 is 0 Å². The first-order valence-electron chi connectivity index (χ1n) is 5.25. The third-order valence-electron chi connectivity index (χ3n) is 2.51. The van der Waals surface area contributed by atoms with Crippen molar-refractivity contribution in [1.29, 1.82) is 0 Å². The van der Waals surface area contributed by atoms with E-state index in [2.05, 4.69) is 21.9 Å². The van der Waals surface area contributed by atoms with E-state index in [1.807, 2.05) is 13.1 Å². The zero-order valence-electron chi connectivity index (χ0n) is 9.22. The molecule has 0 radical (unpaired) electrons. The number of hydrogen-bond donors (Lipinski definition) is 1. The molecule has 0 amide bonds. The Labute approximate surface area is 94.5 Å². The van der Waals surface area contributed by atoms with Crippen molar-refractivity contribution in [2.24, 2.45) is 5.73 Å². The Balaban J connectivity index is 2.21. The summed E-state index contributed by atoms with van der Waals surface area (Å²) in [6.07, 6.45) is 8.77. The minimum Gasteiger partial charge on any atom is -0.324 e. The average Bonchev–Trinajstić information content (AvgIpc) is 2.73. The molecule has 0 aromatic carbocycles. The van der Waals surface area contributed by atoms with Crippen molar-refractivity contribution in [3.63, 3.8) is 0 Å². The fourth-order valence-corrected chi connectivity index (χ4v) is 1.65. The van der Waals surface area contributed by atoms with Gasteiger partial charge in [0.2, 0.25) is 0 Å². The lowest BCUT2D eigenvalue weighted by atomic mass is 10.1. The Morgan fingerprint density at radius 3 is 3.19 bits per heavy atom. The van der Waals surface area contributed by atoms with Crippen molar-refractivity contribution in [3.8, 4) is 11.8 Å². The fourth-order valence-electron chi connectivity index (χ4n) is 1.65. The van der Waals surface area contributed by atoms with Crippen LogP contribution in [0.4, 0.5) is 0 Å². The van der Waals surface area contributed by atoms with E-state index in [1.54, 1.807) is 23.1 Å². The SMILES string of the molecule is CC#CCCC(N)c1cnn2ccncc12. The van der Waals surface area contributed by atoms with Crippen LogP contribution in [0.3, 0.4) is 0 Å². The van der Waals surface area contributed by atoms with Gasteiger partial charge in [-0.2, -0.15) is 5.10 Å². The number of fused-ring (bicyclic) bond motifs is 1. The van der Waals surface area contributed by atoms with Gasteiger partial charge in [-0.15, -0.1) is 11.8 Å². The minimum atomic E-state index is -0.0254. The molecule has 0 saturated carbocycles. The van der Waals surface area contributed by atoms with Gasteiger partial charge in [0, 0.05) is 30.4 Å². The van der Waals surface area contributed by atoms with Crippen LogP contribution in [0, 0.1) is 11.8 Å². The molecule has 1 unspecified atom stereocenters. The quantitative estimate of drug-likeness (QED) is 0.788. The van der Waals surface area contributed by atoms with Crippen LogP contribution in [0.25, 0.3) is 5.52 Å². The van der Waals surface area contributed by atoms with Gasteiger partial charge in [-0.1, -0.05) is 0 Å². The zero-order chi connectivity index (χ0) is 11.4. The molecule has 1 atom stereocenters. The highest BCUT2D eigenvalue weighted by atomic mass is 15.2. The van der Waals surface area contributed by atoms with E-state index in [4.69, 9.17) is 5.73 Å². The lowest BCUT2D eigenvalue weighted by molar-refractivity contribution is 0.672. The van der Waals surface area contributed by atoms with Gasteiger partial charge in [-0.25, -0.2) is 4.52 Å². The zero-order valence-corrected chi connectivity index (χ0v) is 9.22. The molecule has 0 fully saturated rings. The summed E-state index contributed by atoms with van der Waals surface area (Å²) in [6, 6.07) is -0.0254. The molecule has 0 aliphatic rings. The highest BCUT2D eigenvalue weighted by Crippen LogP contribution is 2.19. The molecule has 0 bridgehead atoms. The van der Waals surface area contributed by atoms with Crippen LogP contribution in [0.2, 0.25) is 0 Å². The summed E-state index contributed by atoms with van der Waals surface area (Å²) >= 11 is 0. The smallest absolute Gasteiger partial charge is 0.0892 e. The van der Waals surface area contributed by atoms with Gasteiger partial charge in [0.25, 0.3) is 0 Å². The van der Waals surface area contributed by atoms with Crippen LogP contribution < -0.4 is 5.73 Å². The number of nitrogens with zero attached hydrogens (tertiary/aromatic N) is 3. The Morgan fingerprint density at radius 1 is 1.50 bits per heavy atom. The van der Waals surface area contributed by atoms with Crippen LogP contribution in [-0.2, 0) is 0 Å². The second-order valence-electron chi connectivity index (χ2n) is 3.58. The predicted octanol–water partition coefficient (Wildman–Crippen LogP) is 1.53. The normalized spacial score (nSPS) is 12.1. The van der Waals surface area contributed by atoms with Gasteiger partial charge in [0.05, 0.1) is 17.9 Å². The van der Waals surface area contributed by atoms with Crippen LogP contribution >= 0.6 is 0 Å². The lowest BCUT2D eigenvalue weighted by Gasteiger charge is -2.07. The van der Waals surface area contributed by atoms with Crippen molar-refractivity contribution in [3.05, 3.63) is 30.4 Å². The molecule has 4 heteroatoms. The fraction of sp³-hybridized carbons (Fsp3) is 0.333. The highest BCUT2D eigenvalue weighted by molar-refractivity contribution is 5.53. The third kappa shape index (κ3) is 2.05. The van der Waals surface area contributed by atoms with E-state index in [-0.39, 0.29) is 6.04 Å². The average molecular weight is 214 g/mol. The van der Waals surface area contributed by atoms with Gasteiger partial charge >= 0.3 is 0 Å². The van der Waals surface area contributed by atoms with Crippen molar-refractivity contribution in [2.75, 3.05) is 0 Å². The number of aromatic nitrogens is 3. The predicted molar refractivity (Wildman–Crippen MR) is 62.6 cm³/mol. The summed E-state index contributed by atoms with van der Waals surface area (Å²) in [4.78, 5) is 4.08. The lowest BCUT2D eigenvalue weighted by Crippen LogP contribution is -2.09. The van der Waals surface area contributed by atoms with Gasteiger partial charge < -0.3 is 5.73 Å². The van der Waals surface area contributed by atoms with Gasteiger partial charge in [-0.05, 0) is 13.3 Å². The molecule has 2 aromatic rings. The monoisotopic (exact) mass is 214 g/mol. The maximum atomic E-state index is 6.10. The Kier molecular flexibility index (Phi) is 3.18. The molecule has 0 aliphatic heterocycles. The highest BCUT2D eigenvalue weighted by Gasteiger charge is 2.11. The van der Waals surface area contributed by atoms with Crippen molar-refractivity contribution < 1.29 is 0 Å². The second-order valence-corrected chi connectivity index (χ2v) is 3.58. The molecule has 4 nitrogen and oxygen atoms in total. The summed E-state index contributed by atoms with van der Waals surface area (Å²) in [6.45, 7) is 1.84. The Hall–Kier alpha value is -1.86. The maximum Gasteiger partial charge on any atom is 0.0892 e. The maximum absolute atomic E-state index is 6.10. The molecule has 82 valence electrons. The number of hydrogen-bond acceptors (Lipinski definition) is 3. The summed E-state index contributed by atoms with van der Waals surface area (Å²) < 4.78 is 1.79. The van der Waals surface area contributed by atoms with Crippen molar-refractivity contribution in [1.82, 2.24) is 14.6 Å². The molecule has 2 heterocycles. The first-order valence-corrected chi connectivity index (χ1v) is 5.25. The molecule has 0 spiro atoms. The third-order valence-corrected chi connectivity index (χ3v) is 2.51. The van der Waals surface area contributed by atoms with Gasteiger partial charge in [0.15, 0.2) is 0 Å². The minimum absolute atomic E-state index is 0.0254. The van der Waals surface area contributed by atoms with Crippen molar-refractivity contribution >= 4 is 5.52 Å². The summed E-state index contributed by atoms with van der Waals surface area (Å²) in [5.41, 5.74) is 8.10. The first-order chi connectivity index (χ1) is 7.83. The number of rotatable bonds is 3. The second kappa shape index (κ2) is 4.77. The summed E-state index contributed by atoms with van der Waals surface area (Å²) in [7, 11) is 0. The van der Waals surface area contributed by atoms with Crippen LogP contribution in [0.15, 0.2) is 24.8 Å². The van der Waals surface area contributed by atoms with Gasteiger partial charge in [-0.3, -0.25) is 4.98 Å². The van der Waals surface area contributed by atoms with E-state index in [0.29, 0.717) is 0 Å². The molecular weight excluding hydrogens is 200 g/mol. The molecule has 2 aromatic heterocycles. The molecular formula is C12H14N4. The van der Waals surface area contributed by atoms with Gasteiger partial charge in [0.1, 0.15) is 0 Å². The van der Waals surface area contributed by atoms with Crippen molar-refractivity contribution in [2.45, 2.75) is 25.8 Å². The largest absolute Gasteiger partial charge is 0.324 e. The summed E-state index contributed by atoms with van der Waals surface area (Å²) in [5, 5.41) is 4.23. The standard InChI is InChI=1S/C12H14N4/c1-2-3-4-5-11(13)10-8-15-16-7-6-14-9-12(10)16/h6-9,11H,4-5,13H2,1H3. The first kappa shape index (κ1) is 10.7. The number of nitrogens with two attached hydrogens (primary N) is 1. The van der Waals surface area contributed by atoms with E-state index >= 15 is 0 Å². The summed E-state index contributed by atoms with van der Waals surface area (Å²) in [5.74, 6) is 5.88. The molecule has 16 heavy (non-hydrogen) atoms. The molecule has 2 N–H and O–H groups in total. The van der Waals surface area contributed by atoms with E-state index in [9.17, 15) is 0 Å². The van der Waals surface area contributed by atoms with Crippen LogP contribution in [0.5, 0.6) is 0 Å². The Morgan fingerprint density at radius 2 is 2.38 bits per heavy atom. The topological polar surface area (TPSA) is 56.2 Å². The molecule has 0 aliphatic carbocycles. The Bertz CT molecular complexity index is 532. The molecule has 2 rings (SSSR count). The molecule has 0 saturated heterocycles. The van der Waals surface area contributed by atoms with Crippen LogP contribution in [0.1, 0.15) is 31.4 Å². The van der Waals surface area contributed by atoms with E-state index in [1.165, 1.54) is 0 Å². The van der Waals surface area contributed by atoms with Crippen LogP contribution in [-0.4, -0.2) is 14.6 Å².